The number of nitrogens with one attached hydrogen (secondary N) is 1. The molecule has 2 aromatic rings. The lowest BCUT2D eigenvalue weighted by atomic mass is 10.1. The molecule has 0 aliphatic heterocycles. The van der Waals surface area contributed by atoms with E-state index in [1.807, 2.05) is 13.8 Å². The zero-order valence-corrected chi connectivity index (χ0v) is 15.0. The second-order valence-electron chi connectivity index (χ2n) is 6.13. The van der Waals surface area contributed by atoms with Crippen molar-refractivity contribution in [3.8, 4) is 0 Å². The number of hydrogen-bond acceptors (Lipinski definition) is 6. The van der Waals surface area contributed by atoms with Gasteiger partial charge < -0.3 is 14.6 Å². The van der Waals surface area contributed by atoms with Crippen molar-refractivity contribution in [2.24, 2.45) is 5.92 Å². The normalized spacial score (nSPS) is 13.8. The highest BCUT2D eigenvalue weighted by atomic mass is 32.1. The monoisotopic (exact) mass is 348 g/mol. The van der Waals surface area contributed by atoms with Crippen molar-refractivity contribution >= 4 is 28.2 Å². The summed E-state index contributed by atoms with van der Waals surface area (Å²) in [6.45, 7) is 7.48. The van der Waals surface area contributed by atoms with E-state index in [2.05, 4.69) is 10.5 Å². The van der Waals surface area contributed by atoms with Gasteiger partial charge in [-0.05, 0) is 46.1 Å². The molecule has 1 saturated carbocycles. The molecular formula is C17H20N2O4S. The molecule has 7 heteroatoms. The van der Waals surface area contributed by atoms with Crippen molar-refractivity contribution in [2.75, 3.05) is 5.32 Å². The lowest BCUT2D eigenvalue weighted by molar-refractivity contribution is -0.117. The van der Waals surface area contributed by atoms with Crippen molar-refractivity contribution < 1.29 is 18.8 Å². The molecule has 0 spiro atoms. The van der Waals surface area contributed by atoms with Crippen LogP contribution >= 0.6 is 11.3 Å². The lowest BCUT2D eigenvalue weighted by Gasteiger charge is -2.08. The molecule has 2 aromatic heterocycles. The van der Waals surface area contributed by atoms with Crippen LogP contribution in [0.15, 0.2) is 4.52 Å². The van der Waals surface area contributed by atoms with Gasteiger partial charge in [0.2, 0.25) is 5.91 Å². The largest absolute Gasteiger partial charge is 0.457 e. The number of ether oxygens (including phenoxy) is 1. The number of nitrogens with zero attached hydrogens (tertiary/aromatic N) is 1. The van der Waals surface area contributed by atoms with Gasteiger partial charge >= 0.3 is 5.97 Å². The van der Waals surface area contributed by atoms with E-state index in [0.29, 0.717) is 22.0 Å². The number of amides is 1. The summed E-state index contributed by atoms with van der Waals surface area (Å²) in [6.07, 6.45) is 1.84. The number of esters is 1. The molecular weight excluding hydrogens is 328 g/mol. The zero-order chi connectivity index (χ0) is 17.4. The van der Waals surface area contributed by atoms with E-state index in [-0.39, 0.29) is 18.4 Å². The van der Waals surface area contributed by atoms with Gasteiger partial charge in [0.05, 0.1) is 16.8 Å². The van der Waals surface area contributed by atoms with Crippen LogP contribution in [0.3, 0.4) is 0 Å². The molecule has 24 heavy (non-hydrogen) atoms. The third-order valence-corrected chi connectivity index (χ3v) is 5.43. The van der Waals surface area contributed by atoms with E-state index in [1.54, 1.807) is 13.8 Å². The minimum absolute atomic E-state index is 0.0176. The molecule has 0 aromatic carbocycles. The van der Waals surface area contributed by atoms with Crippen LogP contribution < -0.4 is 5.32 Å². The first-order chi connectivity index (χ1) is 11.4. The van der Waals surface area contributed by atoms with Crippen LogP contribution in [0.4, 0.5) is 5.00 Å². The maximum atomic E-state index is 12.6. The Balaban J connectivity index is 1.77. The maximum absolute atomic E-state index is 12.6. The van der Waals surface area contributed by atoms with E-state index < -0.39 is 5.97 Å². The Morgan fingerprint density at radius 2 is 2.00 bits per heavy atom. The third-order valence-electron chi connectivity index (χ3n) is 4.30. The maximum Gasteiger partial charge on any atom is 0.341 e. The molecule has 1 N–H and O–H groups in total. The number of aromatic nitrogens is 1. The van der Waals surface area contributed by atoms with Crippen molar-refractivity contribution in [3.63, 3.8) is 0 Å². The van der Waals surface area contributed by atoms with Gasteiger partial charge in [-0.15, -0.1) is 11.3 Å². The lowest BCUT2D eigenvalue weighted by Crippen LogP contribution is -2.16. The van der Waals surface area contributed by atoms with E-state index in [0.717, 1.165) is 28.8 Å². The SMILES string of the molecule is Cc1noc(C)c1COC(=O)c1c(NC(=O)C2CC2)sc(C)c1C. The van der Waals surface area contributed by atoms with Crippen LogP contribution in [-0.4, -0.2) is 17.0 Å². The van der Waals surface area contributed by atoms with Gasteiger partial charge in [-0.3, -0.25) is 4.79 Å². The molecule has 1 aliphatic carbocycles. The molecule has 0 saturated heterocycles. The Hall–Kier alpha value is -2.15. The van der Waals surface area contributed by atoms with Gasteiger partial charge in [-0.25, -0.2) is 4.79 Å². The summed E-state index contributed by atoms with van der Waals surface area (Å²) in [5.41, 5.74) is 2.77. The van der Waals surface area contributed by atoms with Crippen molar-refractivity contribution in [1.82, 2.24) is 5.16 Å². The van der Waals surface area contributed by atoms with Crippen LogP contribution in [0.25, 0.3) is 0 Å². The topological polar surface area (TPSA) is 81.4 Å². The summed E-state index contributed by atoms with van der Waals surface area (Å²) >= 11 is 1.41. The predicted octanol–water partition coefficient (Wildman–Crippen LogP) is 3.68. The van der Waals surface area contributed by atoms with Crippen molar-refractivity contribution in [2.45, 2.75) is 47.1 Å². The first kappa shape index (κ1) is 16.7. The summed E-state index contributed by atoms with van der Waals surface area (Å²) in [4.78, 5) is 25.6. The number of rotatable bonds is 5. The average Bonchev–Trinajstić information content (AvgIpc) is 3.28. The Labute approximate surface area is 144 Å². The summed E-state index contributed by atoms with van der Waals surface area (Å²) in [5, 5.41) is 7.30. The minimum atomic E-state index is -0.442. The first-order valence-electron chi connectivity index (χ1n) is 7.88. The van der Waals surface area contributed by atoms with E-state index in [9.17, 15) is 9.59 Å². The Morgan fingerprint density at radius 3 is 2.58 bits per heavy atom. The van der Waals surface area contributed by atoms with E-state index in [4.69, 9.17) is 9.26 Å². The number of thiophene rings is 1. The molecule has 0 atom stereocenters. The van der Waals surface area contributed by atoms with Gasteiger partial charge in [-0.1, -0.05) is 5.16 Å². The van der Waals surface area contributed by atoms with Gasteiger partial charge in [0.1, 0.15) is 17.4 Å². The van der Waals surface area contributed by atoms with Crippen LogP contribution in [0, 0.1) is 33.6 Å². The quantitative estimate of drug-likeness (QED) is 0.834. The molecule has 1 amide bonds. The zero-order valence-electron chi connectivity index (χ0n) is 14.2. The molecule has 3 rings (SSSR count). The third kappa shape index (κ3) is 3.21. The van der Waals surface area contributed by atoms with Crippen LogP contribution in [0.5, 0.6) is 0 Å². The number of aryl methyl sites for hydroxylation is 3. The predicted molar refractivity (Wildman–Crippen MR) is 90.2 cm³/mol. The fraction of sp³-hybridized carbons (Fsp3) is 0.471. The summed E-state index contributed by atoms with van der Waals surface area (Å²) < 4.78 is 10.5. The number of anilines is 1. The van der Waals surface area contributed by atoms with Crippen molar-refractivity contribution in [1.29, 1.82) is 0 Å². The Morgan fingerprint density at radius 1 is 1.29 bits per heavy atom. The summed E-state index contributed by atoms with van der Waals surface area (Å²) in [6, 6.07) is 0. The summed E-state index contributed by atoms with van der Waals surface area (Å²) in [7, 11) is 0. The molecule has 2 heterocycles. The van der Waals surface area contributed by atoms with Gasteiger partial charge in [-0.2, -0.15) is 0 Å². The van der Waals surface area contributed by atoms with Crippen molar-refractivity contribution in [3.05, 3.63) is 33.0 Å². The standard InChI is InChI=1S/C17H20N2O4S/c1-8-11(4)24-16(18-15(20)12-5-6-12)14(8)17(21)22-7-13-9(2)19-23-10(13)3/h12H,5-7H2,1-4H3,(H,18,20). The molecule has 1 fully saturated rings. The molecule has 0 bridgehead atoms. The number of hydrogen-bond donors (Lipinski definition) is 1. The van der Waals surface area contributed by atoms with Gasteiger partial charge in [0.15, 0.2) is 0 Å². The highest BCUT2D eigenvalue weighted by molar-refractivity contribution is 7.16. The Bertz CT molecular complexity index is 782. The highest BCUT2D eigenvalue weighted by Gasteiger charge is 2.31. The fourth-order valence-electron chi connectivity index (χ4n) is 2.44. The molecule has 1 aliphatic rings. The van der Waals surface area contributed by atoms with Crippen LogP contribution in [0.2, 0.25) is 0 Å². The highest BCUT2D eigenvalue weighted by Crippen LogP contribution is 2.36. The second-order valence-corrected chi connectivity index (χ2v) is 7.35. The number of carbonyl (C=O) groups excluding carboxylic acids is 2. The van der Waals surface area contributed by atoms with E-state index in [1.165, 1.54) is 11.3 Å². The average molecular weight is 348 g/mol. The molecule has 0 radical (unpaired) electrons. The summed E-state index contributed by atoms with van der Waals surface area (Å²) in [5.74, 6) is 0.263. The van der Waals surface area contributed by atoms with Crippen LogP contribution in [0.1, 0.15) is 50.7 Å². The van der Waals surface area contributed by atoms with E-state index >= 15 is 0 Å². The van der Waals surface area contributed by atoms with Crippen LogP contribution in [-0.2, 0) is 16.1 Å². The Kier molecular flexibility index (Phi) is 4.45. The molecule has 0 unspecified atom stereocenters. The smallest absolute Gasteiger partial charge is 0.341 e. The minimum Gasteiger partial charge on any atom is -0.457 e. The first-order valence-corrected chi connectivity index (χ1v) is 8.69. The van der Waals surface area contributed by atoms with Gasteiger partial charge in [0.25, 0.3) is 0 Å². The molecule has 128 valence electrons. The molecule has 6 nitrogen and oxygen atoms in total. The van der Waals surface area contributed by atoms with Gasteiger partial charge in [0, 0.05) is 10.8 Å². The number of carbonyl (C=O) groups is 2. The second kappa shape index (κ2) is 6.39. The fourth-order valence-corrected chi connectivity index (χ4v) is 3.49.